The van der Waals surface area contributed by atoms with Crippen molar-refractivity contribution in [2.75, 3.05) is 7.05 Å². The van der Waals surface area contributed by atoms with Gasteiger partial charge in [-0.25, -0.2) is 0 Å². The summed E-state index contributed by atoms with van der Waals surface area (Å²) in [6.07, 6.45) is 0.583. The Kier molecular flexibility index (Phi) is 4.10. The fourth-order valence-corrected chi connectivity index (χ4v) is 1.56. The van der Waals surface area contributed by atoms with E-state index in [4.69, 9.17) is 4.52 Å². The zero-order valence-electron chi connectivity index (χ0n) is 10.7. The van der Waals surface area contributed by atoms with Crippen LogP contribution in [0.4, 0.5) is 0 Å². The summed E-state index contributed by atoms with van der Waals surface area (Å²) in [4.78, 5) is 13.5. The molecule has 90 valence electrons. The van der Waals surface area contributed by atoms with Gasteiger partial charge < -0.3 is 9.42 Å². The second kappa shape index (κ2) is 5.14. The molecule has 0 N–H and O–H groups in total. The van der Waals surface area contributed by atoms with E-state index in [2.05, 4.69) is 5.16 Å². The van der Waals surface area contributed by atoms with Gasteiger partial charge in [0.1, 0.15) is 5.76 Å². The van der Waals surface area contributed by atoms with Crippen molar-refractivity contribution in [3.63, 3.8) is 0 Å². The lowest BCUT2D eigenvalue weighted by molar-refractivity contribution is -0.131. The van der Waals surface area contributed by atoms with E-state index in [9.17, 15) is 4.79 Å². The van der Waals surface area contributed by atoms with E-state index >= 15 is 0 Å². The van der Waals surface area contributed by atoms with Crippen molar-refractivity contribution in [3.8, 4) is 0 Å². The van der Waals surface area contributed by atoms with Crippen LogP contribution >= 0.6 is 0 Å². The first-order valence-corrected chi connectivity index (χ1v) is 5.57. The maximum absolute atomic E-state index is 11.8. The van der Waals surface area contributed by atoms with Crippen molar-refractivity contribution in [2.24, 2.45) is 5.92 Å². The van der Waals surface area contributed by atoms with Crippen molar-refractivity contribution in [1.29, 1.82) is 0 Å². The van der Waals surface area contributed by atoms with Crippen LogP contribution in [-0.4, -0.2) is 23.0 Å². The fourth-order valence-electron chi connectivity index (χ4n) is 1.56. The molecule has 0 fully saturated rings. The molecule has 0 radical (unpaired) electrons. The number of rotatable bonds is 4. The lowest BCUT2D eigenvalue weighted by Crippen LogP contribution is -2.27. The number of carbonyl (C=O) groups excluding carboxylic acids is 1. The Balaban J connectivity index is 2.64. The largest absolute Gasteiger partial charge is 0.361 e. The van der Waals surface area contributed by atoms with Gasteiger partial charge in [-0.3, -0.25) is 4.79 Å². The maximum atomic E-state index is 11.8. The number of carbonyl (C=O) groups is 1. The summed E-state index contributed by atoms with van der Waals surface area (Å²) in [5.74, 6) is 1.34. The molecule has 0 saturated heterocycles. The number of hydrogen-bond donors (Lipinski definition) is 0. The Bertz CT molecular complexity index is 350. The molecule has 4 heteroatoms. The molecule has 0 aliphatic rings. The zero-order valence-corrected chi connectivity index (χ0v) is 10.7. The Hall–Kier alpha value is -1.32. The molecule has 0 atom stereocenters. The van der Waals surface area contributed by atoms with Gasteiger partial charge in [0.25, 0.3) is 0 Å². The Labute approximate surface area is 96.6 Å². The molecular formula is C12H20N2O2. The third-order valence-corrected chi connectivity index (χ3v) is 2.59. The normalized spacial score (nSPS) is 10.9. The van der Waals surface area contributed by atoms with Crippen LogP contribution in [0.15, 0.2) is 4.52 Å². The number of amides is 1. The second-order valence-electron chi connectivity index (χ2n) is 4.65. The molecule has 0 spiro atoms. The van der Waals surface area contributed by atoms with Crippen molar-refractivity contribution in [1.82, 2.24) is 10.1 Å². The van der Waals surface area contributed by atoms with E-state index < -0.39 is 0 Å². The smallest absolute Gasteiger partial charge is 0.222 e. The molecule has 1 rings (SSSR count). The molecule has 0 bridgehead atoms. The summed E-state index contributed by atoms with van der Waals surface area (Å²) in [5.41, 5.74) is 1.88. The first-order valence-electron chi connectivity index (χ1n) is 5.57. The highest BCUT2D eigenvalue weighted by Crippen LogP contribution is 2.15. The fraction of sp³-hybridized carbons (Fsp3) is 0.667. The van der Waals surface area contributed by atoms with Gasteiger partial charge in [0.05, 0.1) is 12.2 Å². The Morgan fingerprint density at radius 2 is 2.06 bits per heavy atom. The van der Waals surface area contributed by atoms with Gasteiger partial charge in [0.2, 0.25) is 5.91 Å². The standard InChI is InChI=1S/C12H20N2O2/c1-8(2)6-12(15)14(5)7-11-9(3)13-16-10(11)4/h8H,6-7H2,1-5H3. The molecule has 1 aromatic heterocycles. The van der Waals surface area contributed by atoms with Gasteiger partial charge in [-0.05, 0) is 19.8 Å². The first-order chi connectivity index (χ1) is 7.41. The molecule has 1 heterocycles. The topological polar surface area (TPSA) is 46.3 Å². The van der Waals surface area contributed by atoms with E-state index in [1.165, 1.54) is 0 Å². The van der Waals surface area contributed by atoms with Crippen LogP contribution in [0, 0.1) is 19.8 Å². The first kappa shape index (κ1) is 12.7. The lowest BCUT2D eigenvalue weighted by Gasteiger charge is -2.18. The van der Waals surface area contributed by atoms with Gasteiger partial charge in [0, 0.05) is 19.0 Å². The summed E-state index contributed by atoms with van der Waals surface area (Å²) in [6.45, 7) is 8.43. The predicted octanol–water partition coefficient (Wildman–Crippen LogP) is 2.30. The SMILES string of the molecule is Cc1noc(C)c1CN(C)C(=O)CC(C)C. The molecule has 0 aromatic carbocycles. The van der Waals surface area contributed by atoms with Crippen molar-refractivity contribution in [3.05, 3.63) is 17.0 Å². The highest BCUT2D eigenvalue weighted by atomic mass is 16.5. The summed E-state index contributed by atoms with van der Waals surface area (Å²) in [6, 6.07) is 0. The van der Waals surface area contributed by atoms with Gasteiger partial charge in [0.15, 0.2) is 0 Å². The van der Waals surface area contributed by atoms with Crippen molar-refractivity contribution in [2.45, 2.75) is 40.7 Å². The average Bonchev–Trinajstić information content (AvgIpc) is 2.48. The molecule has 4 nitrogen and oxygen atoms in total. The van der Waals surface area contributed by atoms with Crippen LogP contribution in [0.1, 0.15) is 37.3 Å². The monoisotopic (exact) mass is 224 g/mol. The molecule has 0 aliphatic heterocycles. The van der Waals surface area contributed by atoms with Crippen LogP contribution in [0.5, 0.6) is 0 Å². The van der Waals surface area contributed by atoms with Crippen molar-refractivity contribution >= 4 is 5.91 Å². The van der Waals surface area contributed by atoms with Gasteiger partial charge in [-0.15, -0.1) is 0 Å². The Morgan fingerprint density at radius 1 is 1.44 bits per heavy atom. The summed E-state index contributed by atoms with van der Waals surface area (Å²) in [7, 11) is 1.82. The summed E-state index contributed by atoms with van der Waals surface area (Å²) >= 11 is 0. The van der Waals surface area contributed by atoms with Crippen LogP contribution in [0.3, 0.4) is 0 Å². The van der Waals surface area contributed by atoms with Crippen LogP contribution in [-0.2, 0) is 11.3 Å². The van der Waals surface area contributed by atoms with Gasteiger partial charge in [-0.2, -0.15) is 0 Å². The van der Waals surface area contributed by atoms with Crippen LogP contribution < -0.4 is 0 Å². The van der Waals surface area contributed by atoms with E-state index in [1.807, 2.05) is 34.7 Å². The van der Waals surface area contributed by atoms with Crippen LogP contribution in [0.2, 0.25) is 0 Å². The number of hydrogen-bond acceptors (Lipinski definition) is 3. The average molecular weight is 224 g/mol. The quantitative estimate of drug-likeness (QED) is 0.788. The summed E-state index contributed by atoms with van der Waals surface area (Å²) in [5, 5.41) is 3.88. The van der Waals surface area contributed by atoms with E-state index in [-0.39, 0.29) is 5.91 Å². The highest BCUT2D eigenvalue weighted by molar-refractivity contribution is 5.76. The van der Waals surface area contributed by atoms with E-state index in [1.54, 1.807) is 4.90 Å². The number of aryl methyl sites for hydroxylation is 2. The van der Waals surface area contributed by atoms with E-state index in [0.29, 0.717) is 18.9 Å². The molecule has 0 unspecified atom stereocenters. The van der Waals surface area contributed by atoms with E-state index in [0.717, 1.165) is 17.0 Å². The van der Waals surface area contributed by atoms with Gasteiger partial charge >= 0.3 is 0 Å². The molecule has 1 aromatic rings. The third kappa shape index (κ3) is 3.08. The Morgan fingerprint density at radius 3 is 2.50 bits per heavy atom. The molecule has 0 saturated carbocycles. The third-order valence-electron chi connectivity index (χ3n) is 2.59. The van der Waals surface area contributed by atoms with Gasteiger partial charge in [-0.1, -0.05) is 19.0 Å². The minimum Gasteiger partial charge on any atom is -0.361 e. The highest BCUT2D eigenvalue weighted by Gasteiger charge is 2.15. The zero-order chi connectivity index (χ0) is 12.3. The van der Waals surface area contributed by atoms with Crippen LogP contribution in [0.25, 0.3) is 0 Å². The molecule has 16 heavy (non-hydrogen) atoms. The predicted molar refractivity (Wildman–Crippen MR) is 61.9 cm³/mol. The minimum atomic E-state index is 0.162. The minimum absolute atomic E-state index is 0.162. The summed E-state index contributed by atoms with van der Waals surface area (Å²) < 4.78 is 5.07. The second-order valence-corrected chi connectivity index (χ2v) is 4.65. The number of nitrogens with zero attached hydrogens (tertiary/aromatic N) is 2. The van der Waals surface area contributed by atoms with Crippen molar-refractivity contribution < 1.29 is 9.32 Å². The molecular weight excluding hydrogens is 204 g/mol. The maximum Gasteiger partial charge on any atom is 0.222 e. The lowest BCUT2D eigenvalue weighted by atomic mass is 10.1. The molecule has 1 amide bonds. The number of aromatic nitrogens is 1. The molecule has 0 aliphatic carbocycles.